The van der Waals surface area contributed by atoms with Gasteiger partial charge in [0.1, 0.15) is 5.82 Å². The molecule has 2 atom stereocenters. The van der Waals surface area contributed by atoms with Crippen LogP contribution in [0.4, 0.5) is 10.6 Å². The number of nitrogens with zero attached hydrogens (tertiary/aromatic N) is 4. The van der Waals surface area contributed by atoms with E-state index in [9.17, 15) is 4.79 Å². The molecule has 0 radical (unpaired) electrons. The third-order valence-electron chi connectivity index (χ3n) is 3.82. The van der Waals surface area contributed by atoms with Gasteiger partial charge in [-0.3, -0.25) is 5.32 Å². The van der Waals surface area contributed by atoms with Crippen LogP contribution in [0.3, 0.4) is 0 Å². The molecule has 8 heteroatoms. The fourth-order valence-corrected chi connectivity index (χ4v) is 2.58. The Bertz CT molecular complexity index is 627. The number of H-pyrrole nitrogens is 1. The van der Waals surface area contributed by atoms with Gasteiger partial charge in [-0.1, -0.05) is 6.07 Å². The third kappa shape index (κ3) is 2.91. The van der Waals surface area contributed by atoms with E-state index in [-0.39, 0.29) is 18.1 Å². The molecule has 1 aliphatic rings. The Balaban J connectivity index is 1.67. The molecular formula is C14H18N6O2. The van der Waals surface area contributed by atoms with Crippen molar-refractivity contribution in [2.24, 2.45) is 0 Å². The predicted octanol–water partition coefficient (Wildman–Crippen LogP) is 1.15. The summed E-state index contributed by atoms with van der Waals surface area (Å²) in [5.41, 5.74) is 1.85. The number of amides is 2. The Morgan fingerprint density at radius 1 is 1.41 bits per heavy atom. The van der Waals surface area contributed by atoms with Gasteiger partial charge in [0.2, 0.25) is 0 Å². The molecule has 0 spiro atoms. The van der Waals surface area contributed by atoms with Gasteiger partial charge in [0, 0.05) is 26.4 Å². The van der Waals surface area contributed by atoms with Crippen LogP contribution in [0.25, 0.3) is 0 Å². The molecule has 1 fully saturated rings. The number of nitrogens with one attached hydrogen (secondary N) is 2. The molecule has 22 heavy (non-hydrogen) atoms. The maximum absolute atomic E-state index is 12.4. The van der Waals surface area contributed by atoms with Gasteiger partial charge in [-0.2, -0.15) is 15.4 Å². The first-order chi connectivity index (χ1) is 10.7. The lowest BCUT2D eigenvalue weighted by Gasteiger charge is -2.16. The SMILES string of the molecule is CO[C@@H]1CN(C(=O)Nc2ccc(C)cn2)C[C@H]1c1cn[nH]n1. The second-order valence-corrected chi connectivity index (χ2v) is 5.33. The minimum atomic E-state index is -0.190. The molecule has 8 nitrogen and oxygen atoms in total. The summed E-state index contributed by atoms with van der Waals surface area (Å²) in [6.45, 7) is 2.99. The summed E-state index contributed by atoms with van der Waals surface area (Å²) in [5, 5.41) is 13.3. The molecule has 0 aliphatic carbocycles. The summed E-state index contributed by atoms with van der Waals surface area (Å²) in [6.07, 6.45) is 3.29. The molecule has 0 bridgehead atoms. The van der Waals surface area contributed by atoms with Crippen LogP contribution in [0.2, 0.25) is 0 Å². The Labute approximate surface area is 127 Å². The average Bonchev–Trinajstić information content (AvgIpc) is 3.17. The molecule has 116 valence electrons. The summed E-state index contributed by atoms with van der Waals surface area (Å²) in [4.78, 5) is 18.2. The highest BCUT2D eigenvalue weighted by molar-refractivity contribution is 5.88. The van der Waals surface area contributed by atoms with E-state index in [0.29, 0.717) is 18.9 Å². The van der Waals surface area contributed by atoms with Crippen LogP contribution in [0, 0.1) is 6.92 Å². The van der Waals surface area contributed by atoms with E-state index in [0.717, 1.165) is 11.3 Å². The first kappa shape index (κ1) is 14.5. The number of methoxy groups -OCH3 is 1. The molecule has 0 saturated carbocycles. The van der Waals surface area contributed by atoms with Crippen molar-refractivity contribution in [2.45, 2.75) is 18.9 Å². The second-order valence-electron chi connectivity index (χ2n) is 5.33. The Morgan fingerprint density at radius 2 is 2.27 bits per heavy atom. The van der Waals surface area contributed by atoms with E-state index in [1.165, 1.54) is 0 Å². The van der Waals surface area contributed by atoms with E-state index < -0.39 is 0 Å². The van der Waals surface area contributed by atoms with Gasteiger partial charge in [-0.25, -0.2) is 9.78 Å². The number of aromatic nitrogens is 4. The summed E-state index contributed by atoms with van der Waals surface area (Å²) in [6, 6.07) is 3.50. The molecule has 0 unspecified atom stereocenters. The lowest BCUT2D eigenvalue weighted by molar-refractivity contribution is 0.0987. The number of rotatable bonds is 3. The fourth-order valence-electron chi connectivity index (χ4n) is 2.58. The first-order valence-corrected chi connectivity index (χ1v) is 7.04. The normalized spacial score (nSPS) is 21.1. The smallest absolute Gasteiger partial charge is 0.323 e. The van der Waals surface area contributed by atoms with Gasteiger partial charge in [-0.15, -0.1) is 0 Å². The number of ether oxygens (including phenoxy) is 1. The number of aryl methyl sites for hydroxylation is 1. The van der Waals surface area contributed by atoms with Gasteiger partial charge in [0.25, 0.3) is 0 Å². The number of hydrogen-bond donors (Lipinski definition) is 2. The number of pyridine rings is 1. The van der Waals surface area contributed by atoms with E-state index in [2.05, 4.69) is 25.7 Å². The highest BCUT2D eigenvalue weighted by atomic mass is 16.5. The number of carbonyl (C=O) groups excluding carboxylic acids is 1. The van der Waals surface area contributed by atoms with E-state index >= 15 is 0 Å². The second kappa shape index (κ2) is 6.10. The van der Waals surface area contributed by atoms with Crippen molar-refractivity contribution < 1.29 is 9.53 Å². The minimum absolute atomic E-state index is 0.0143. The zero-order chi connectivity index (χ0) is 15.5. The highest BCUT2D eigenvalue weighted by Crippen LogP contribution is 2.28. The number of anilines is 1. The molecule has 3 rings (SSSR count). The number of carbonyl (C=O) groups is 1. The molecule has 0 aromatic carbocycles. The van der Waals surface area contributed by atoms with Crippen LogP contribution in [0.15, 0.2) is 24.5 Å². The maximum Gasteiger partial charge on any atom is 0.323 e. The third-order valence-corrected chi connectivity index (χ3v) is 3.82. The largest absolute Gasteiger partial charge is 0.379 e. The summed E-state index contributed by atoms with van der Waals surface area (Å²) in [5.74, 6) is 0.551. The van der Waals surface area contributed by atoms with Crippen molar-refractivity contribution in [3.63, 3.8) is 0 Å². The van der Waals surface area contributed by atoms with Crippen LogP contribution in [0.1, 0.15) is 17.2 Å². The predicted molar refractivity (Wildman–Crippen MR) is 79.5 cm³/mol. The minimum Gasteiger partial charge on any atom is -0.379 e. The standard InChI is InChI=1S/C14H18N6O2/c1-9-3-4-13(15-5-9)17-14(21)20-7-10(12(8-20)22-2)11-6-16-19-18-11/h3-6,10,12H,7-8H2,1-2H3,(H,15,17,21)(H,16,18,19)/t10-,12+/m0/s1. The monoisotopic (exact) mass is 302 g/mol. The van der Waals surface area contributed by atoms with Crippen LogP contribution in [-0.2, 0) is 4.74 Å². The van der Waals surface area contributed by atoms with Crippen molar-refractivity contribution in [1.29, 1.82) is 0 Å². The number of likely N-dealkylation sites (tertiary alicyclic amines) is 1. The average molecular weight is 302 g/mol. The lowest BCUT2D eigenvalue weighted by Crippen LogP contribution is -2.34. The maximum atomic E-state index is 12.4. The van der Waals surface area contributed by atoms with E-state index in [1.54, 1.807) is 30.5 Å². The first-order valence-electron chi connectivity index (χ1n) is 7.04. The molecule has 2 aromatic rings. The number of urea groups is 1. The van der Waals surface area contributed by atoms with Crippen molar-refractivity contribution in [2.75, 3.05) is 25.5 Å². The van der Waals surface area contributed by atoms with Gasteiger partial charge in [-0.05, 0) is 18.6 Å². The number of hydrogen-bond acceptors (Lipinski definition) is 5. The van der Waals surface area contributed by atoms with Crippen molar-refractivity contribution in [3.8, 4) is 0 Å². The molecule has 2 aromatic heterocycles. The van der Waals surface area contributed by atoms with Gasteiger partial charge < -0.3 is 9.64 Å². The van der Waals surface area contributed by atoms with Crippen LogP contribution < -0.4 is 5.32 Å². The Hall–Kier alpha value is -2.48. The van der Waals surface area contributed by atoms with E-state index in [4.69, 9.17) is 4.74 Å². The molecule has 1 aliphatic heterocycles. The quantitative estimate of drug-likeness (QED) is 0.886. The number of aromatic amines is 1. The van der Waals surface area contributed by atoms with Gasteiger partial charge in [0.05, 0.1) is 23.9 Å². The molecule has 3 heterocycles. The van der Waals surface area contributed by atoms with Crippen molar-refractivity contribution >= 4 is 11.8 Å². The van der Waals surface area contributed by atoms with E-state index in [1.807, 2.05) is 13.0 Å². The topological polar surface area (TPSA) is 96.0 Å². The fraction of sp³-hybridized carbons (Fsp3) is 0.429. The molecule has 1 saturated heterocycles. The molecular weight excluding hydrogens is 284 g/mol. The van der Waals surface area contributed by atoms with Crippen molar-refractivity contribution in [1.82, 2.24) is 25.3 Å². The highest BCUT2D eigenvalue weighted by Gasteiger charge is 2.37. The zero-order valence-electron chi connectivity index (χ0n) is 12.5. The van der Waals surface area contributed by atoms with Crippen LogP contribution in [0.5, 0.6) is 0 Å². The van der Waals surface area contributed by atoms with Gasteiger partial charge in [0.15, 0.2) is 0 Å². The molecule has 2 amide bonds. The summed E-state index contributed by atoms with van der Waals surface area (Å²) >= 11 is 0. The zero-order valence-corrected chi connectivity index (χ0v) is 12.5. The Morgan fingerprint density at radius 3 is 2.91 bits per heavy atom. The van der Waals surface area contributed by atoms with Crippen LogP contribution >= 0.6 is 0 Å². The van der Waals surface area contributed by atoms with Crippen LogP contribution in [-0.4, -0.2) is 57.6 Å². The van der Waals surface area contributed by atoms with Gasteiger partial charge >= 0.3 is 6.03 Å². The lowest BCUT2D eigenvalue weighted by atomic mass is 10.0. The molecule has 2 N–H and O–H groups in total. The van der Waals surface area contributed by atoms with Crippen molar-refractivity contribution in [3.05, 3.63) is 35.8 Å². The summed E-state index contributed by atoms with van der Waals surface area (Å²) in [7, 11) is 1.64. The Kier molecular flexibility index (Phi) is 4.01. The summed E-state index contributed by atoms with van der Waals surface area (Å²) < 4.78 is 5.47.